The Morgan fingerprint density at radius 2 is 1.89 bits per heavy atom. The van der Waals surface area contributed by atoms with E-state index in [4.69, 9.17) is 4.42 Å². The maximum atomic E-state index is 12.2. The van der Waals surface area contributed by atoms with Crippen molar-refractivity contribution in [2.75, 3.05) is 13.1 Å². The van der Waals surface area contributed by atoms with Crippen LogP contribution in [0.15, 0.2) is 10.5 Å². The molecule has 0 spiro atoms. The lowest BCUT2D eigenvalue weighted by atomic mass is 10.1. The fourth-order valence-corrected chi connectivity index (χ4v) is 2.71. The number of likely N-dealkylation sites (tertiary alicyclic amines) is 1. The second kappa shape index (κ2) is 6.13. The van der Waals surface area contributed by atoms with E-state index in [1.54, 1.807) is 0 Å². The molecule has 1 fully saturated rings. The van der Waals surface area contributed by atoms with Crippen molar-refractivity contribution in [3.63, 3.8) is 0 Å². The summed E-state index contributed by atoms with van der Waals surface area (Å²) in [4.78, 5) is 14.2. The van der Waals surface area contributed by atoms with Crippen molar-refractivity contribution in [3.8, 4) is 0 Å². The Morgan fingerprint density at radius 1 is 1.26 bits per heavy atom. The van der Waals surface area contributed by atoms with E-state index in [1.807, 2.05) is 31.7 Å². The van der Waals surface area contributed by atoms with Crippen molar-refractivity contribution in [3.05, 3.63) is 23.2 Å². The van der Waals surface area contributed by atoms with Crippen LogP contribution in [0.5, 0.6) is 0 Å². The third kappa shape index (κ3) is 3.52. The van der Waals surface area contributed by atoms with Crippen LogP contribution >= 0.6 is 0 Å². The number of nitrogens with one attached hydrogen (secondary N) is 1. The van der Waals surface area contributed by atoms with E-state index in [1.165, 1.54) is 12.8 Å². The van der Waals surface area contributed by atoms with E-state index in [0.717, 1.165) is 43.0 Å². The van der Waals surface area contributed by atoms with Crippen LogP contribution in [0.25, 0.3) is 0 Å². The van der Waals surface area contributed by atoms with Gasteiger partial charge in [-0.25, -0.2) is 4.79 Å². The van der Waals surface area contributed by atoms with Crippen LogP contribution in [0.2, 0.25) is 0 Å². The van der Waals surface area contributed by atoms with Gasteiger partial charge in [-0.1, -0.05) is 12.8 Å². The molecule has 1 aliphatic rings. The number of hydrogen-bond donors (Lipinski definition) is 1. The van der Waals surface area contributed by atoms with Crippen molar-refractivity contribution in [2.24, 2.45) is 0 Å². The van der Waals surface area contributed by atoms with E-state index in [9.17, 15) is 4.79 Å². The average Bonchev–Trinajstić information content (AvgIpc) is 2.58. The molecule has 2 rings (SSSR count). The topological polar surface area (TPSA) is 45.5 Å². The number of hydrogen-bond acceptors (Lipinski definition) is 2. The molecule has 1 aromatic rings. The van der Waals surface area contributed by atoms with Gasteiger partial charge >= 0.3 is 6.03 Å². The maximum Gasteiger partial charge on any atom is 0.317 e. The van der Waals surface area contributed by atoms with Crippen LogP contribution in [0.1, 0.15) is 55.7 Å². The molecular formula is C15H24N2O2. The first-order valence-corrected chi connectivity index (χ1v) is 7.20. The molecule has 1 N–H and O–H groups in total. The standard InChI is InChI=1S/C15H24N2O2/c1-11-10-14(13(3)19-11)12(2)16-15(18)17-8-6-4-5-7-9-17/h10,12H,4-9H2,1-3H3,(H,16,18). The van der Waals surface area contributed by atoms with Gasteiger partial charge in [-0.05, 0) is 39.7 Å². The molecule has 4 heteroatoms. The Kier molecular flexibility index (Phi) is 4.51. The smallest absolute Gasteiger partial charge is 0.317 e. The first-order valence-electron chi connectivity index (χ1n) is 7.20. The van der Waals surface area contributed by atoms with Crippen molar-refractivity contribution < 1.29 is 9.21 Å². The van der Waals surface area contributed by atoms with Gasteiger partial charge in [-0.3, -0.25) is 0 Å². The van der Waals surface area contributed by atoms with Gasteiger partial charge in [-0.2, -0.15) is 0 Å². The fourth-order valence-electron chi connectivity index (χ4n) is 2.71. The van der Waals surface area contributed by atoms with Gasteiger partial charge in [0.05, 0.1) is 6.04 Å². The molecule has 2 heterocycles. The number of carbonyl (C=O) groups is 1. The first-order chi connectivity index (χ1) is 9.08. The highest BCUT2D eigenvalue weighted by Gasteiger charge is 2.19. The molecule has 1 unspecified atom stereocenters. The number of rotatable bonds is 2. The maximum absolute atomic E-state index is 12.2. The lowest BCUT2D eigenvalue weighted by Crippen LogP contribution is -2.41. The molecule has 4 nitrogen and oxygen atoms in total. The molecule has 1 atom stereocenters. The van der Waals surface area contributed by atoms with Gasteiger partial charge < -0.3 is 14.6 Å². The normalized spacial score (nSPS) is 17.9. The molecule has 0 aliphatic carbocycles. The Labute approximate surface area is 115 Å². The van der Waals surface area contributed by atoms with Gasteiger partial charge in [-0.15, -0.1) is 0 Å². The van der Waals surface area contributed by atoms with E-state index in [0.29, 0.717) is 0 Å². The second-order valence-electron chi connectivity index (χ2n) is 5.44. The number of nitrogens with zero attached hydrogens (tertiary/aromatic N) is 1. The highest BCUT2D eigenvalue weighted by molar-refractivity contribution is 5.74. The molecule has 0 saturated carbocycles. The lowest BCUT2D eigenvalue weighted by molar-refractivity contribution is 0.196. The van der Waals surface area contributed by atoms with E-state index < -0.39 is 0 Å². The molecule has 106 valence electrons. The molecule has 19 heavy (non-hydrogen) atoms. The Hall–Kier alpha value is -1.45. The van der Waals surface area contributed by atoms with E-state index in [2.05, 4.69) is 5.32 Å². The number of furan rings is 1. The van der Waals surface area contributed by atoms with E-state index >= 15 is 0 Å². The zero-order valence-corrected chi connectivity index (χ0v) is 12.2. The second-order valence-corrected chi connectivity index (χ2v) is 5.44. The number of urea groups is 1. The zero-order chi connectivity index (χ0) is 13.8. The highest BCUT2D eigenvalue weighted by Crippen LogP contribution is 2.21. The van der Waals surface area contributed by atoms with Gasteiger partial charge in [0, 0.05) is 18.7 Å². The molecule has 0 radical (unpaired) electrons. The van der Waals surface area contributed by atoms with Gasteiger partial charge in [0.2, 0.25) is 0 Å². The summed E-state index contributed by atoms with van der Waals surface area (Å²) in [7, 11) is 0. The third-order valence-corrected chi connectivity index (χ3v) is 3.78. The van der Waals surface area contributed by atoms with Gasteiger partial charge in [0.25, 0.3) is 0 Å². The minimum absolute atomic E-state index is 0.00629. The average molecular weight is 264 g/mol. The molecule has 1 aromatic heterocycles. The summed E-state index contributed by atoms with van der Waals surface area (Å²) in [5.74, 6) is 1.78. The first kappa shape index (κ1) is 14.0. The van der Waals surface area contributed by atoms with Gasteiger partial charge in [0.1, 0.15) is 11.5 Å². The van der Waals surface area contributed by atoms with Crippen molar-refractivity contribution >= 4 is 6.03 Å². The Morgan fingerprint density at radius 3 is 2.42 bits per heavy atom. The molecule has 1 aliphatic heterocycles. The SMILES string of the molecule is Cc1cc(C(C)NC(=O)N2CCCCCC2)c(C)o1. The summed E-state index contributed by atoms with van der Waals surface area (Å²) in [6, 6.07) is 2.05. The lowest BCUT2D eigenvalue weighted by Gasteiger charge is -2.23. The van der Waals surface area contributed by atoms with Crippen LogP contribution in [0, 0.1) is 13.8 Å². The molecule has 1 saturated heterocycles. The quantitative estimate of drug-likeness (QED) is 0.888. The third-order valence-electron chi connectivity index (χ3n) is 3.78. The summed E-state index contributed by atoms with van der Waals surface area (Å²) in [6.45, 7) is 7.63. The summed E-state index contributed by atoms with van der Waals surface area (Å²) in [5, 5.41) is 3.07. The molecular weight excluding hydrogens is 240 g/mol. The minimum Gasteiger partial charge on any atom is -0.466 e. The minimum atomic E-state index is -0.00629. The highest BCUT2D eigenvalue weighted by atomic mass is 16.3. The van der Waals surface area contributed by atoms with Crippen molar-refractivity contribution in [1.82, 2.24) is 10.2 Å². The Bertz CT molecular complexity index is 431. The zero-order valence-electron chi connectivity index (χ0n) is 12.2. The van der Waals surface area contributed by atoms with Crippen LogP contribution < -0.4 is 5.32 Å². The summed E-state index contributed by atoms with van der Waals surface area (Å²) in [5.41, 5.74) is 1.07. The fraction of sp³-hybridized carbons (Fsp3) is 0.667. The molecule has 2 amide bonds. The summed E-state index contributed by atoms with van der Waals surface area (Å²) in [6.07, 6.45) is 4.70. The summed E-state index contributed by atoms with van der Waals surface area (Å²) < 4.78 is 5.52. The molecule has 0 aromatic carbocycles. The number of carbonyl (C=O) groups excluding carboxylic acids is 1. The van der Waals surface area contributed by atoms with Crippen LogP contribution in [-0.2, 0) is 0 Å². The predicted octanol–water partition coefficient (Wildman–Crippen LogP) is 3.54. The predicted molar refractivity (Wildman–Crippen MR) is 75.2 cm³/mol. The number of aryl methyl sites for hydroxylation is 2. The van der Waals surface area contributed by atoms with Crippen LogP contribution in [0.4, 0.5) is 4.79 Å². The van der Waals surface area contributed by atoms with Crippen molar-refractivity contribution in [1.29, 1.82) is 0 Å². The largest absolute Gasteiger partial charge is 0.466 e. The Balaban J connectivity index is 1.96. The van der Waals surface area contributed by atoms with E-state index in [-0.39, 0.29) is 12.1 Å². The van der Waals surface area contributed by atoms with Crippen LogP contribution in [0.3, 0.4) is 0 Å². The van der Waals surface area contributed by atoms with Crippen LogP contribution in [-0.4, -0.2) is 24.0 Å². The molecule has 0 bridgehead atoms. The van der Waals surface area contributed by atoms with Crippen molar-refractivity contribution in [2.45, 2.75) is 52.5 Å². The number of amides is 2. The van der Waals surface area contributed by atoms with Gasteiger partial charge in [0.15, 0.2) is 0 Å². The monoisotopic (exact) mass is 264 g/mol. The summed E-state index contributed by atoms with van der Waals surface area (Å²) >= 11 is 0.